The van der Waals surface area contributed by atoms with Crippen molar-refractivity contribution in [3.63, 3.8) is 0 Å². The lowest BCUT2D eigenvalue weighted by Gasteiger charge is -2.37. The maximum atomic E-state index is 12.7. The topological polar surface area (TPSA) is 50.2 Å². The second-order valence-electron chi connectivity index (χ2n) is 6.40. The smallest absolute Gasteiger partial charge is 0.223 e. The summed E-state index contributed by atoms with van der Waals surface area (Å²) in [6.45, 7) is 8.85. The Kier molecular flexibility index (Phi) is 4.48. The summed E-state index contributed by atoms with van der Waals surface area (Å²) in [7, 11) is 1.98. The van der Waals surface area contributed by atoms with Crippen LogP contribution in [0.3, 0.4) is 0 Å². The van der Waals surface area contributed by atoms with Crippen molar-refractivity contribution < 1.29 is 4.79 Å². The Balaban J connectivity index is 2.15. The lowest BCUT2D eigenvalue weighted by molar-refractivity contribution is -0.137. The SMILES string of the molecule is CCC(C)(C)CC(=O)N1CCNCC1c1nccn1C. The first-order chi connectivity index (χ1) is 9.44. The molecule has 5 heteroatoms. The molecule has 1 aliphatic rings. The highest BCUT2D eigenvalue weighted by molar-refractivity contribution is 5.77. The number of aryl methyl sites for hydroxylation is 1. The molecule has 1 saturated heterocycles. The quantitative estimate of drug-likeness (QED) is 0.912. The fraction of sp³-hybridized carbons (Fsp3) is 0.733. The molecule has 1 aromatic heterocycles. The normalized spacial score (nSPS) is 20.2. The summed E-state index contributed by atoms with van der Waals surface area (Å²) in [6, 6.07) is 0.0453. The number of nitrogens with zero attached hydrogens (tertiary/aromatic N) is 3. The third-order valence-electron chi connectivity index (χ3n) is 4.31. The maximum Gasteiger partial charge on any atom is 0.223 e. The lowest BCUT2D eigenvalue weighted by Crippen LogP contribution is -2.50. The number of carbonyl (C=O) groups is 1. The standard InChI is InChI=1S/C15H26N4O/c1-5-15(2,3)10-13(20)19-9-6-16-11-12(19)14-17-7-8-18(14)4/h7-8,12,16H,5-6,9-11H2,1-4H3. The summed E-state index contributed by atoms with van der Waals surface area (Å²) < 4.78 is 2.00. The molecule has 1 aromatic rings. The molecule has 1 atom stereocenters. The van der Waals surface area contributed by atoms with E-state index < -0.39 is 0 Å². The number of nitrogens with one attached hydrogen (secondary N) is 1. The average molecular weight is 278 g/mol. The number of aromatic nitrogens is 2. The molecule has 1 unspecified atom stereocenters. The molecule has 0 spiro atoms. The van der Waals surface area contributed by atoms with Crippen molar-refractivity contribution >= 4 is 5.91 Å². The fourth-order valence-corrected chi connectivity index (χ4v) is 2.57. The second-order valence-corrected chi connectivity index (χ2v) is 6.40. The van der Waals surface area contributed by atoms with Crippen LogP contribution in [0.1, 0.15) is 45.5 Å². The Bertz CT molecular complexity index is 466. The van der Waals surface area contributed by atoms with Gasteiger partial charge in [-0.1, -0.05) is 27.2 Å². The van der Waals surface area contributed by atoms with Gasteiger partial charge in [-0.15, -0.1) is 0 Å². The molecular weight excluding hydrogens is 252 g/mol. The Morgan fingerprint density at radius 2 is 2.30 bits per heavy atom. The minimum absolute atomic E-state index is 0.0453. The van der Waals surface area contributed by atoms with Gasteiger partial charge in [0.25, 0.3) is 0 Å². The van der Waals surface area contributed by atoms with Crippen LogP contribution < -0.4 is 5.32 Å². The summed E-state index contributed by atoms with van der Waals surface area (Å²) in [5, 5.41) is 3.36. The van der Waals surface area contributed by atoms with Gasteiger partial charge in [0.05, 0.1) is 0 Å². The molecule has 112 valence electrons. The van der Waals surface area contributed by atoms with Crippen LogP contribution in [0, 0.1) is 5.41 Å². The van der Waals surface area contributed by atoms with Crippen molar-refractivity contribution in [2.24, 2.45) is 12.5 Å². The molecule has 0 bridgehead atoms. The van der Waals surface area contributed by atoms with Crippen LogP contribution in [-0.4, -0.2) is 40.0 Å². The highest BCUT2D eigenvalue weighted by Crippen LogP contribution is 2.28. The van der Waals surface area contributed by atoms with Gasteiger partial charge in [-0.05, 0) is 5.41 Å². The van der Waals surface area contributed by atoms with Gasteiger partial charge in [0.15, 0.2) is 0 Å². The van der Waals surface area contributed by atoms with Crippen molar-refractivity contribution in [1.82, 2.24) is 19.8 Å². The predicted octanol–water partition coefficient (Wildman–Crippen LogP) is 1.72. The first kappa shape index (κ1) is 15.0. The Morgan fingerprint density at radius 1 is 1.55 bits per heavy atom. The van der Waals surface area contributed by atoms with E-state index in [0.717, 1.165) is 31.9 Å². The van der Waals surface area contributed by atoms with E-state index in [4.69, 9.17) is 0 Å². The van der Waals surface area contributed by atoms with Crippen LogP contribution in [0.4, 0.5) is 0 Å². The Labute approximate surface area is 121 Å². The van der Waals surface area contributed by atoms with Crippen molar-refractivity contribution in [2.75, 3.05) is 19.6 Å². The van der Waals surface area contributed by atoms with Crippen LogP contribution in [0.25, 0.3) is 0 Å². The number of hydrogen-bond acceptors (Lipinski definition) is 3. The molecule has 0 aromatic carbocycles. The zero-order valence-electron chi connectivity index (χ0n) is 13.0. The van der Waals surface area contributed by atoms with Gasteiger partial charge in [-0.3, -0.25) is 4.79 Å². The van der Waals surface area contributed by atoms with Gasteiger partial charge in [-0.2, -0.15) is 0 Å². The van der Waals surface area contributed by atoms with Gasteiger partial charge in [-0.25, -0.2) is 4.98 Å². The van der Waals surface area contributed by atoms with E-state index in [9.17, 15) is 4.79 Å². The molecule has 0 aliphatic carbocycles. The van der Waals surface area contributed by atoms with E-state index in [1.54, 1.807) is 6.20 Å². The van der Waals surface area contributed by atoms with Gasteiger partial charge in [0.2, 0.25) is 5.91 Å². The maximum absolute atomic E-state index is 12.7. The molecular formula is C15H26N4O. The molecule has 1 amide bonds. The minimum atomic E-state index is 0.0453. The zero-order chi connectivity index (χ0) is 14.8. The molecule has 2 rings (SSSR count). The highest BCUT2D eigenvalue weighted by Gasteiger charge is 2.32. The van der Waals surface area contributed by atoms with E-state index in [1.165, 1.54) is 0 Å². The monoisotopic (exact) mass is 278 g/mol. The van der Waals surface area contributed by atoms with Crippen molar-refractivity contribution in [3.8, 4) is 0 Å². The van der Waals surface area contributed by atoms with E-state index in [2.05, 4.69) is 31.1 Å². The Hall–Kier alpha value is -1.36. The summed E-state index contributed by atoms with van der Waals surface area (Å²) in [6.07, 6.45) is 5.34. The number of imidazole rings is 1. The van der Waals surface area contributed by atoms with Gasteiger partial charge in [0.1, 0.15) is 11.9 Å². The number of hydrogen-bond donors (Lipinski definition) is 1. The number of carbonyl (C=O) groups excluding carboxylic acids is 1. The lowest BCUT2D eigenvalue weighted by atomic mass is 9.85. The largest absolute Gasteiger partial charge is 0.336 e. The molecule has 20 heavy (non-hydrogen) atoms. The van der Waals surface area contributed by atoms with Crippen molar-refractivity contribution in [1.29, 1.82) is 0 Å². The van der Waals surface area contributed by atoms with Crippen LogP contribution in [-0.2, 0) is 11.8 Å². The minimum Gasteiger partial charge on any atom is -0.336 e. The summed E-state index contributed by atoms with van der Waals surface area (Å²) in [4.78, 5) is 19.1. The fourth-order valence-electron chi connectivity index (χ4n) is 2.57. The number of piperazine rings is 1. The summed E-state index contributed by atoms with van der Waals surface area (Å²) in [5.41, 5.74) is 0.0636. The van der Waals surface area contributed by atoms with Gasteiger partial charge >= 0.3 is 0 Å². The Morgan fingerprint density at radius 3 is 2.90 bits per heavy atom. The van der Waals surface area contributed by atoms with Crippen molar-refractivity contribution in [3.05, 3.63) is 18.2 Å². The van der Waals surface area contributed by atoms with Crippen molar-refractivity contribution in [2.45, 2.75) is 39.7 Å². The molecule has 0 saturated carbocycles. The van der Waals surface area contributed by atoms with E-state index in [1.807, 2.05) is 22.7 Å². The molecule has 1 N–H and O–H groups in total. The summed E-state index contributed by atoms with van der Waals surface area (Å²) in [5.74, 6) is 1.20. The van der Waals surface area contributed by atoms with E-state index >= 15 is 0 Å². The predicted molar refractivity (Wildman–Crippen MR) is 79.2 cm³/mol. The zero-order valence-corrected chi connectivity index (χ0v) is 13.0. The number of amides is 1. The third-order valence-corrected chi connectivity index (χ3v) is 4.31. The van der Waals surface area contributed by atoms with Crippen LogP contribution in [0.5, 0.6) is 0 Å². The second kappa shape index (κ2) is 5.95. The molecule has 5 nitrogen and oxygen atoms in total. The summed E-state index contributed by atoms with van der Waals surface area (Å²) >= 11 is 0. The molecule has 2 heterocycles. The first-order valence-corrected chi connectivity index (χ1v) is 7.42. The van der Waals surface area contributed by atoms with Crippen LogP contribution in [0.2, 0.25) is 0 Å². The number of rotatable bonds is 4. The van der Waals surface area contributed by atoms with Gasteiger partial charge < -0.3 is 14.8 Å². The molecule has 0 radical (unpaired) electrons. The van der Waals surface area contributed by atoms with E-state index in [0.29, 0.717) is 6.42 Å². The highest BCUT2D eigenvalue weighted by atomic mass is 16.2. The van der Waals surface area contributed by atoms with Gasteiger partial charge in [0, 0.05) is 45.5 Å². The third kappa shape index (κ3) is 3.20. The van der Waals surface area contributed by atoms with E-state index in [-0.39, 0.29) is 17.4 Å². The molecule has 1 aliphatic heterocycles. The van der Waals surface area contributed by atoms with Crippen LogP contribution >= 0.6 is 0 Å². The first-order valence-electron chi connectivity index (χ1n) is 7.42. The average Bonchev–Trinajstić information content (AvgIpc) is 2.84. The van der Waals surface area contributed by atoms with Crippen LogP contribution in [0.15, 0.2) is 12.4 Å². The molecule has 1 fully saturated rings.